The summed E-state index contributed by atoms with van der Waals surface area (Å²) in [5.41, 5.74) is 3.46. The molecule has 1 aliphatic rings. The van der Waals surface area contributed by atoms with E-state index in [0.29, 0.717) is 10.7 Å². The quantitative estimate of drug-likeness (QED) is 0.643. The Balaban J connectivity index is 1.81. The fourth-order valence-corrected chi connectivity index (χ4v) is 4.72. The number of anilines is 1. The zero-order valence-corrected chi connectivity index (χ0v) is 16.6. The topological polar surface area (TPSA) is 64.5 Å². The number of nitrogens with zero attached hydrogens (tertiary/aromatic N) is 3. The second-order valence-corrected chi connectivity index (χ2v) is 7.63. The van der Waals surface area contributed by atoms with E-state index in [1.807, 2.05) is 19.9 Å². The van der Waals surface area contributed by atoms with Crippen LogP contribution in [0.1, 0.15) is 32.2 Å². The molecule has 3 aromatic rings. The van der Waals surface area contributed by atoms with Crippen molar-refractivity contribution >= 4 is 33.3 Å². The number of methoxy groups -OCH3 is 2. The maximum Gasteiger partial charge on any atom is 0.348 e. The normalized spacial score (nSPS) is 13.6. The molecule has 0 amide bonds. The van der Waals surface area contributed by atoms with Crippen LogP contribution < -0.4 is 9.64 Å². The first-order valence-corrected chi connectivity index (χ1v) is 9.60. The largest absolute Gasteiger partial charge is 0.497 e. The van der Waals surface area contributed by atoms with Crippen molar-refractivity contribution < 1.29 is 14.3 Å². The summed E-state index contributed by atoms with van der Waals surface area (Å²) in [5, 5.41) is 0.942. The maximum atomic E-state index is 12.1. The molecular formula is C20H21N3O3S. The third-order valence-electron chi connectivity index (χ3n) is 4.98. The number of thiophene rings is 1. The van der Waals surface area contributed by atoms with Gasteiger partial charge in [-0.05, 0) is 49.1 Å². The van der Waals surface area contributed by atoms with Gasteiger partial charge in [-0.3, -0.25) is 0 Å². The van der Waals surface area contributed by atoms with Gasteiger partial charge in [0, 0.05) is 13.1 Å². The molecule has 7 heteroatoms. The lowest BCUT2D eigenvalue weighted by Gasteiger charge is -2.30. The second-order valence-electron chi connectivity index (χ2n) is 6.63. The monoisotopic (exact) mass is 383 g/mol. The van der Waals surface area contributed by atoms with E-state index in [2.05, 4.69) is 22.0 Å². The summed E-state index contributed by atoms with van der Waals surface area (Å²) in [4.78, 5) is 25.1. The molecule has 0 bridgehead atoms. The van der Waals surface area contributed by atoms with E-state index in [4.69, 9.17) is 14.5 Å². The Morgan fingerprint density at radius 3 is 2.74 bits per heavy atom. The van der Waals surface area contributed by atoms with Gasteiger partial charge in [0.1, 0.15) is 27.1 Å². The van der Waals surface area contributed by atoms with E-state index in [-0.39, 0.29) is 5.97 Å². The third kappa shape index (κ3) is 3.02. The fraction of sp³-hybridized carbons (Fsp3) is 0.350. The van der Waals surface area contributed by atoms with E-state index in [1.54, 1.807) is 7.11 Å². The Labute approximate surface area is 161 Å². The number of aryl methyl sites for hydroxylation is 2. The predicted octanol–water partition coefficient (Wildman–Crippen LogP) is 3.67. The molecule has 0 radical (unpaired) electrons. The van der Waals surface area contributed by atoms with Gasteiger partial charge in [0.2, 0.25) is 0 Å². The van der Waals surface area contributed by atoms with Crippen molar-refractivity contribution in [3.05, 3.63) is 45.6 Å². The molecule has 0 fully saturated rings. The summed E-state index contributed by atoms with van der Waals surface area (Å²) in [5.74, 6) is 2.12. The molecule has 0 aliphatic carbocycles. The smallest absolute Gasteiger partial charge is 0.348 e. The van der Waals surface area contributed by atoms with Gasteiger partial charge in [-0.1, -0.05) is 6.07 Å². The highest BCUT2D eigenvalue weighted by Gasteiger charge is 2.25. The van der Waals surface area contributed by atoms with Crippen molar-refractivity contribution in [3.63, 3.8) is 0 Å². The Kier molecular flexibility index (Phi) is 4.47. The van der Waals surface area contributed by atoms with Crippen LogP contribution in [0.4, 0.5) is 5.82 Å². The first-order chi connectivity index (χ1) is 13.0. The van der Waals surface area contributed by atoms with Crippen molar-refractivity contribution in [3.8, 4) is 5.75 Å². The number of hydrogen-bond donors (Lipinski definition) is 0. The highest BCUT2D eigenvalue weighted by atomic mass is 32.1. The summed E-state index contributed by atoms with van der Waals surface area (Å²) < 4.78 is 10.3. The molecule has 1 aromatic carbocycles. The number of hydrogen-bond acceptors (Lipinski definition) is 7. The molecule has 0 saturated heterocycles. The molecule has 2 aromatic heterocycles. The van der Waals surface area contributed by atoms with Crippen LogP contribution in [0.15, 0.2) is 18.2 Å². The van der Waals surface area contributed by atoms with E-state index in [0.717, 1.165) is 46.9 Å². The molecule has 6 nitrogen and oxygen atoms in total. The summed E-state index contributed by atoms with van der Waals surface area (Å²) in [6.45, 7) is 5.44. The number of carbonyl (C=O) groups excluding carboxylic acids is 1. The summed E-state index contributed by atoms with van der Waals surface area (Å²) in [6, 6.07) is 6.23. The van der Waals surface area contributed by atoms with Gasteiger partial charge in [-0.15, -0.1) is 11.3 Å². The van der Waals surface area contributed by atoms with Gasteiger partial charge >= 0.3 is 5.97 Å². The van der Waals surface area contributed by atoms with Crippen molar-refractivity contribution in [1.29, 1.82) is 0 Å². The van der Waals surface area contributed by atoms with Gasteiger partial charge < -0.3 is 14.4 Å². The predicted molar refractivity (Wildman–Crippen MR) is 106 cm³/mol. The number of fused-ring (bicyclic) bond motifs is 2. The molecule has 3 heterocycles. The average molecular weight is 383 g/mol. The van der Waals surface area contributed by atoms with Crippen LogP contribution >= 0.6 is 11.3 Å². The highest BCUT2D eigenvalue weighted by Crippen LogP contribution is 2.37. The van der Waals surface area contributed by atoms with Crippen LogP contribution in [-0.2, 0) is 17.7 Å². The molecule has 0 atom stereocenters. The lowest BCUT2D eigenvalue weighted by Crippen LogP contribution is -2.31. The van der Waals surface area contributed by atoms with Crippen molar-refractivity contribution in [1.82, 2.24) is 9.97 Å². The van der Waals surface area contributed by atoms with E-state index >= 15 is 0 Å². The number of aromatic nitrogens is 2. The molecule has 0 N–H and O–H groups in total. The van der Waals surface area contributed by atoms with Crippen LogP contribution in [0.2, 0.25) is 0 Å². The Morgan fingerprint density at radius 1 is 1.19 bits per heavy atom. The summed E-state index contributed by atoms with van der Waals surface area (Å²) >= 11 is 1.37. The lowest BCUT2D eigenvalue weighted by molar-refractivity contribution is 0.0605. The van der Waals surface area contributed by atoms with Gasteiger partial charge in [-0.2, -0.15) is 0 Å². The van der Waals surface area contributed by atoms with E-state index in [1.165, 1.54) is 29.6 Å². The van der Waals surface area contributed by atoms with Gasteiger partial charge in [0.25, 0.3) is 0 Å². The van der Waals surface area contributed by atoms with Crippen LogP contribution in [0, 0.1) is 13.8 Å². The Hall–Kier alpha value is -2.67. The molecular weight excluding hydrogens is 362 g/mol. The minimum atomic E-state index is -0.326. The van der Waals surface area contributed by atoms with Crippen molar-refractivity contribution in [2.45, 2.75) is 26.8 Å². The standard InChI is InChI=1S/C20H21N3O3S/c1-11-16-18(21-12(2)22-19(16)27-17(11)20(24)26-4)23-8-7-13-5-6-15(25-3)9-14(13)10-23/h5-6,9H,7-8,10H2,1-4H3. The number of rotatable bonds is 3. The number of esters is 1. The molecule has 140 valence electrons. The summed E-state index contributed by atoms with van der Waals surface area (Å²) in [7, 11) is 3.08. The number of carbonyl (C=O) groups is 1. The fourth-order valence-electron chi connectivity index (χ4n) is 3.58. The first kappa shape index (κ1) is 17.7. The second kappa shape index (κ2) is 6.81. The third-order valence-corrected chi connectivity index (χ3v) is 6.14. The molecule has 0 saturated carbocycles. The lowest BCUT2D eigenvalue weighted by atomic mass is 9.99. The van der Waals surface area contributed by atoms with Crippen molar-refractivity contribution in [2.24, 2.45) is 0 Å². The van der Waals surface area contributed by atoms with Crippen LogP contribution in [-0.4, -0.2) is 36.7 Å². The average Bonchev–Trinajstić information content (AvgIpc) is 3.02. The van der Waals surface area contributed by atoms with Gasteiger partial charge in [0.05, 0.1) is 19.6 Å². The first-order valence-electron chi connectivity index (χ1n) is 8.78. The van der Waals surface area contributed by atoms with E-state index in [9.17, 15) is 4.79 Å². The van der Waals surface area contributed by atoms with Crippen LogP contribution in [0.5, 0.6) is 5.75 Å². The molecule has 27 heavy (non-hydrogen) atoms. The maximum absolute atomic E-state index is 12.1. The van der Waals surface area contributed by atoms with E-state index < -0.39 is 0 Å². The van der Waals surface area contributed by atoms with Crippen LogP contribution in [0.25, 0.3) is 10.2 Å². The van der Waals surface area contributed by atoms with Gasteiger partial charge in [-0.25, -0.2) is 14.8 Å². The minimum absolute atomic E-state index is 0.326. The Bertz CT molecular complexity index is 1040. The number of ether oxygens (including phenoxy) is 2. The molecule has 0 unspecified atom stereocenters. The Morgan fingerprint density at radius 2 is 2.00 bits per heavy atom. The highest BCUT2D eigenvalue weighted by molar-refractivity contribution is 7.20. The zero-order chi connectivity index (χ0) is 19.1. The van der Waals surface area contributed by atoms with Crippen LogP contribution in [0.3, 0.4) is 0 Å². The number of benzene rings is 1. The molecule has 1 aliphatic heterocycles. The molecule has 4 rings (SSSR count). The van der Waals surface area contributed by atoms with Gasteiger partial charge in [0.15, 0.2) is 0 Å². The summed E-state index contributed by atoms with van der Waals surface area (Å²) in [6.07, 6.45) is 0.941. The molecule has 0 spiro atoms. The SMILES string of the molecule is COC(=O)c1sc2nc(C)nc(N3CCc4ccc(OC)cc4C3)c2c1C. The van der Waals surface area contributed by atoms with Crippen molar-refractivity contribution in [2.75, 3.05) is 25.7 Å². The zero-order valence-electron chi connectivity index (χ0n) is 15.8. The minimum Gasteiger partial charge on any atom is -0.497 e.